The highest BCUT2D eigenvalue weighted by molar-refractivity contribution is 7.92. The third-order valence-electron chi connectivity index (χ3n) is 4.26. The van der Waals surface area contributed by atoms with E-state index in [1.54, 1.807) is 36.3 Å². The number of anilines is 1. The molecule has 0 saturated carbocycles. The summed E-state index contributed by atoms with van der Waals surface area (Å²) in [6.07, 6.45) is 1.62. The van der Waals surface area contributed by atoms with E-state index in [9.17, 15) is 13.2 Å². The summed E-state index contributed by atoms with van der Waals surface area (Å²) in [6.45, 7) is 0. The summed E-state index contributed by atoms with van der Waals surface area (Å²) in [5, 5.41) is -0.986. The molecule has 0 aliphatic carbocycles. The summed E-state index contributed by atoms with van der Waals surface area (Å²) < 4.78 is 29.2. The lowest BCUT2D eigenvalue weighted by atomic mass is 9.93. The van der Waals surface area contributed by atoms with E-state index in [1.807, 2.05) is 30.3 Å². The molecule has 24 heavy (non-hydrogen) atoms. The van der Waals surface area contributed by atoms with Crippen LogP contribution in [0.1, 0.15) is 5.56 Å². The van der Waals surface area contributed by atoms with E-state index in [-0.39, 0.29) is 5.91 Å². The maximum Gasteiger partial charge on any atom is 0.247 e. The van der Waals surface area contributed by atoms with E-state index >= 15 is 0 Å². The maximum absolute atomic E-state index is 12.5. The molecule has 5 nitrogen and oxygen atoms in total. The second-order valence-electron chi connectivity index (χ2n) is 5.91. The molecule has 0 radical (unpaired) electrons. The predicted molar refractivity (Wildman–Crippen MR) is 93.0 cm³/mol. The highest BCUT2D eigenvalue weighted by atomic mass is 32.2. The zero-order valence-electron chi connectivity index (χ0n) is 13.5. The molecule has 1 aliphatic rings. The van der Waals surface area contributed by atoms with Gasteiger partial charge < -0.3 is 9.64 Å². The number of nitrogens with zero attached hydrogens (tertiary/aromatic N) is 1. The van der Waals surface area contributed by atoms with Crippen LogP contribution in [0.25, 0.3) is 0 Å². The molecule has 2 aromatic carbocycles. The van der Waals surface area contributed by atoms with Gasteiger partial charge in [-0.1, -0.05) is 30.3 Å². The van der Waals surface area contributed by atoms with Crippen LogP contribution in [0.15, 0.2) is 54.6 Å². The van der Waals surface area contributed by atoms with Crippen LogP contribution < -0.4 is 9.64 Å². The Balaban J connectivity index is 1.92. The first kappa shape index (κ1) is 16.5. The van der Waals surface area contributed by atoms with Crippen molar-refractivity contribution < 1.29 is 17.9 Å². The topological polar surface area (TPSA) is 63.7 Å². The minimum Gasteiger partial charge on any atom is -0.497 e. The Kier molecular flexibility index (Phi) is 4.32. The Hall–Kier alpha value is -2.34. The average Bonchev–Trinajstić information content (AvgIpc) is 2.55. The van der Waals surface area contributed by atoms with Gasteiger partial charge in [0.1, 0.15) is 5.75 Å². The molecule has 3 rings (SSSR count). The fourth-order valence-corrected chi connectivity index (χ4v) is 4.37. The molecule has 0 bridgehead atoms. The van der Waals surface area contributed by atoms with Crippen molar-refractivity contribution in [1.29, 1.82) is 0 Å². The lowest BCUT2D eigenvalue weighted by molar-refractivity contribution is -0.123. The van der Waals surface area contributed by atoms with Crippen molar-refractivity contribution in [2.75, 3.05) is 18.3 Å². The second kappa shape index (κ2) is 6.28. The standard InChI is InChI=1S/C18H19NO4S/c1-23-15-10-8-14(9-11-15)19-16(12-13-6-4-3-5-7-13)17(18(19)20)24(2,21)22/h3-11,16-17H,12H2,1-2H3/t16-,17+/m1/s1. The van der Waals surface area contributed by atoms with Gasteiger partial charge >= 0.3 is 0 Å². The highest BCUT2D eigenvalue weighted by Gasteiger charge is 2.53. The largest absolute Gasteiger partial charge is 0.497 e. The molecule has 2 aromatic rings. The first-order valence-corrected chi connectivity index (χ1v) is 9.57. The van der Waals surface area contributed by atoms with Gasteiger partial charge in [0.25, 0.3) is 0 Å². The van der Waals surface area contributed by atoms with Gasteiger partial charge in [-0.3, -0.25) is 4.79 Å². The van der Waals surface area contributed by atoms with Crippen LogP contribution in [0, 0.1) is 0 Å². The molecule has 0 aromatic heterocycles. The van der Waals surface area contributed by atoms with Gasteiger partial charge in [-0.25, -0.2) is 8.42 Å². The molecule has 0 N–H and O–H groups in total. The van der Waals surface area contributed by atoms with Crippen molar-refractivity contribution in [3.05, 3.63) is 60.2 Å². The van der Waals surface area contributed by atoms with Crippen LogP contribution in [0.5, 0.6) is 5.75 Å². The number of carbonyl (C=O) groups excluding carboxylic acids is 1. The first-order valence-electron chi connectivity index (χ1n) is 7.62. The lowest BCUT2D eigenvalue weighted by Gasteiger charge is -2.46. The minimum absolute atomic E-state index is 0.372. The van der Waals surface area contributed by atoms with Gasteiger partial charge in [-0.2, -0.15) is 0 Å². The molecule has 1 saturated heterocycles. The lowest BCUT2D eigenvalue weighted by Crippen LogP contribution is -2.68. The van der Waals surface area contributed by atoms with Crippen LogP contribution >= 0.6 is 0 Å². The van der Waals surface area contributed by atoms with Gasteiger partial charge in [0.05, 0.1) is 13.2 Å². The van der Waals surface area contributed by atoms with E-state index in [0.717, 1.165) is 11.8 Å². The summed E-state index contributed by atoms with van der Waals surface area (Å²) >= 11 is 0. The molecule has 1 fully saturated rings. The molecule has 1 heterocycles. The van der Waals surface area contributed by atoms with Gasteiger partial charge in [0.2, 0.25) is 5.91 Å². The van der Waals surface area contributed by atoms with Crippen molar-refractivity contribution in [2.24, 2.45) is 0 Å². The molecule has 126 valence electrons. The number of ether oxygens (including phenoxy) is 1. The normalized spacial score (nSPS) is 20.6. The van der Waals surface area contributed by atoms with Crippen LogP contribution in [-0.2, 0) is 21.1 Å². The van der Waals surface area contributed by atoms with Crippen LogP contribution in [-0.4, -0.2) is 39.0 Å². The fourth-order valence-electron chi connectivity index (χ4n) is 3.10. The number of amides is 1. The maximum atomic E-state index is 12.5. The number of hydrogen-bond donors (Lipinski definition) is 0. The zero-order chi connectivity index (χ0) is 17.3. The molecule has 0 unspecified atom stereocenters. The molecule has 1 aliphatic heterocycles. The number of carbonyl (C=O) groups is 1. The fraction of sp³-hybridized carbons (Fsp3) is 0.278. The van der Waals surface area contributed by atoms with Crippen LogP contribution in [0.3, 0.4) is 0 Å². The SMILES string of the molecule is COc1ccc(N2C(=O)[C@@H](S(C)(=O)=O)[C@H]2Cc2ccccc2)cc1. The molecule has 2 atom stereocenters. The Morgan fingerprint density at radius 1 is 1.04 bits per heavy atom. The Morgan fingerprint density at radius 3 is 2.21 bits per heavy atom. The quantitative estimate of drug-likeness (QED) is 0.778. The molecule has 0 spiro atoms. The molecular formula is C18H19NO4S. The first-order chi connectivity index (χ1) is 11.4. The van der Waals surface area contributed by atoms with E-state index in [0.29, 0.717) is 17.9 Å². The summed E-state index contributed by atoms with van der Waals surface area (Å²) in [5.74, 6) is 0.314. The van der Waals surface area contributed by atoms with Crippen LogP contribution in [0.2, 0.25) is 0 Å². The van der Waals surface area contributed by atoms with Crippen molar-refractivity contribution in [2.45, 2.75) is 17.7 Å². The third kappa shape index (κ3) is 3.01. The highest BCUT2D eigenvalue weighted by Crippen LogP contribution is 2.34. The summed E-state index contributed by atoms with van der Waals surface area (Å²) in [6, 6.07) is 16.3. The number of sulfone groups is 1. The van der Waals surface area contributed by atoms with E-state index < -0.39 is 21.1 Å². The van der Waals surface area contributed by atoms with E-state index in [1.165, 1.54) is 0 Å². The van der Waals surface area contributed by atoms with Gasteiger partial charge in [-0.05, 0) is 36.2 Å². The summed E-state index contributed by atoms with van der Waals surface area (Å²) in [5.41, 5.74) is 1.68. The summed E-state index contributed by atoms with van der Waals surface area (Å²) in [7, 11) is -1.88. The average molecular weight is 345 g/mol. The Bertz CT molecular complexity index is 831. The van der Waals surface area contributed by atoms with Gasteiger partial charge in [-0.15, -0.1) is 0 Å². The monoisotopic (exact) mass is 345 g/mol. The molecule has 6 heteroatoms. The summed E-state index contributed by atoms with van der Waals surface area (Å²) in [4.78, 5) is 14.0. The number of methoxy groups -OCH3 is 1. The Morgan fingerprint density at radius 2 is 1.67 bits per heavy atom. The van der Waals surface area contributed by atoms with Crippen molar-refractivity contribution in [3.8, 4) is 5.75 Å². The van der Waals surface area contributed by atoms with Crippen molar-refractivity contribution in [3.63, 3.8) is 0 Å². The third-order valence-corrected chi connectivity index (χ3v) is 5.70. The van der Waals surface area contributed by atoms with Crippen molar-refractivity contribution in [1.82, 2.24) is 0 Å². The van der Waals surface area contributed by atoms with Crippen molar-refractivity contribution >= 4 is 21.4 Å². The van der Waals surface area contributed by atoms with Gasteiger partial charge in [0, 0.05) is 11.9 Å². The Labute approximate surface area is 141 Å². The number of hydrogen-bond acceptors (Lipinski definition) is 4. The van der Waals surface area contributed by atoms with E-state index in [4.69, 9.17) is 4.74 Å². The van der Waals surface area contributed by atoms with Gasteiger partial charge in [0.15, 0.2) is 15.1 Å². The van der Waals surface area contributed by atoms with Crippen LogP contribution in [0.4, 0.5) is 5.69 Å². The number of rotatable bonds is 5. The molecular weight excluding hydrogens is 326 g/mol. The zero-order valence-corrected chi connectivity index (χ0v) is 14.4. The number of benzene rings is 2. The molecule has 1 amide bonds. The predicted octanol–water partition coefficient (Wildman–Crippen LogP) is 2.07. The second-order valence-corrected chi connectivity index (χ2v) is 8.08. The minimum atomic E-state index is -3.45. The number of β-lactam (4-membered cyclic amide) rings is 1. The smallest absolute Gasteiger partial charge is 0.247 e. The van der Waals surface area contributed by atoms with E-state index in [2.05, 4.69) is 0 Å².